The second kappa shape index (κ2) is 8.38. The molecule has 0 atom stereocenters. The standard InChI is InChI=1S/C23H20ClN3O/c24-19-12-10-18(11-13-19)22-25-21-9-5-4-8-20(21)23(26-22)27(14-15-28)16-17-6-2-1-3-7-17/h1-13,28H,14-16H2. The molecule has 1 heterocycles. The van der Waals surface area contributed by atoms with Crippen LogP contribution in [0.3, 0.4) is 0 Å². The average molecular weight is 390 g/mol. The highest BCUT2D eigenvalue weighted by atomic mass is 35.5. The Labute approximate surface area is 169 Å². The Balaban J connectivity index is 1.83. The Bertz CT molecular complexity index is 1070. The van der Waals surface area contributed by atoms with E-state index >= 15 is 0 Å². The second-order valence-electron chi connectivity index (χ2n) is 6.53. The molecule has 5 heteroatoms. The van der Waals surface area contributed by atoms with Gasteiger partial charge in [0.25, 0.3) is 0 Å². The summed E-state index contributed by atoms with van der Waals surface area (Å²) in [6.45, 7) is 1.18. The van der Waals surface area contributed by atoms with Gasteiger partial charge in [-0.25, -0.2) is 9.97 Å². The van der Waals surface area contributed by atoms with Crippen molar-refractivity contribution in [3.05, 3.63) is 89.4 Å². The lowest BCUT2D eigenvalue weighted by molar-refractivity contribution is 0.301. The van der Waals surface area contributed by atoms with Crippen LogP contribution >= 0.6 is 11.6 Å². The molecule has 0 fully saturated rings. The molecule has 0 bridgehead atoms. The molecule has 0 aliphatic heterocycles. The molecule has 0 radical (unpaired) electrons. The number of halogens is 1. The summed E-state index contributed by atoms with van der Waals surface area (Å²) in [5.74, 6) is 1.45. The first-order chi connectivity index (χ1) is 13.7. The molecule has 0 unspecified atom stereocenters. The lowest BCUT2D eigenvalue weighted by atomic mass is 10.1. The third-order valence-corrected chi connectivity index (χ3v) is 4.82. The maximum atomic E-state index is 9.67. The van der Waals surface area contributed by atoms with E-state index in [1.54, 1.807) is 0 Å². The molecule has 0 aliphatic rings. The van der Waals surface area contributed by atoms with Crippen LogP contribution in [0, 0.1) is 0 Å². The first kappa shape index (κ1) is 18.4. The van der Waals surface area contributed by atoms with Gasteiger partial charge in [0, 0.05) is 29.1 Å². The summed E-state index contributed by atoms with van der Waals surface area (Å²) >= 11 is 6.03. The summed E-state index contributed by atoms with van der Waals surface area (Å²) in [6.07, 6.45) is 0. The third-order valence-electron chi connectivity index (χ3n) is 4.57. The van der Waals surface area contributed by atoms with Crippen molar-refractivity contribution >= 4 is 28.3 Å². The van der Waals surface area contributed by atoms with Crippen molar-refractivity contribution < 1.29 is 5.11 Å². The molecule has 28 heavy (non-hydrogen) atoms. The van der Waals surface area contributed by atoms with Crippen molar-refractivity contribution in [1.82, 2.24) is 9.97 Å². The van der Waals surface area contributed by atoms with Crippen LogP contribution in [0.5, 0.6) is 0 Å². The van der Waals surface area contributed by atoms with Crippen LogP contribution in [0.2, 0.25) is 5.02 Å². The zero-order chi connectivity index (χ0) is 19.3. The number of hydrogen-bond donors (Lipinski definition) is 1. The predicted octanol–water partition coefficient (Wildman–Crippen LogP) is 4.95. The van der Waals surface area contributed by atoms with E-state index in [1.165, 1.54) is 0 Å². The highest BCUT2D eigenvalue weighted by molar-refractivity contribution is 6.30. The van der Waals surface area contributed by atoms with Gasteiger partial charge < -0.3 is 10.0 Å². The minimum absolute atomic E-state index is 0.0431. The van der Waals surface area contributed by atoms with E-state index in [0.29, 0.717) is 23.9 Å². The Morgan fingerprint density at radius 1 is 0.821 bits per heavy atom. The van der Waals surface area contributed by atoms with Gasteiger partial charge in [0.2, 0.25) is 0 Å². The Hall–Kier alpha value is -2.95. The first-order valence-corrected chi connectivity index (χ1v) is 9.55. The van der Waals surface area contributed by atoms with Crippen LogP contribution < -0.4 is 4.90 Å². The fraction of sp³-hybridized carbons (Fsp3) is 0.130. The number of nitrogens with zero attached hydrogens (tertiary/aromatic N) is 3. The van der Waals surface area contributed by atoms with Gasteiger partial charge >= 0.3 is 0 Å². The third kappa shape index (κ3) is 3.98. The number of para-hydroxylation sites is 1. The molecular weight excluding hydrogens is 370 g/mol. The van der Waals surface area contributed by atoms with E-state index in [9.17, 15) is 5.11 Å². The lowest BCUT2D eigenvalue weighted by Gasteiger charge is -2.25. The molecule has 1 aromatic heterocycles. The minimum Gasteiger partial charge on any atom is -0.395 e. The summed E-state index contributed by atoms with van der Waals surface area (Å²) in [7, 11) is 0. The number of benzene rings is 3. The molecule has 0 amide bonds. The van der Waals surface area contributed by atoms with Gasteiger partial charge in [-0.3, -0.25) is 0 Å². The maximum absolute atomic E-state index is 9.67. The molecule has 4 rings (SSSR count). The van der Waals surface area contributed by atoms with Crippen LogP contribution in [0.4, 0.5) is 5.82 Å². The summed E-state index contributed by atoms with van der Waals surface area (Å²) < 4.78 is 0. The molecule has 1 N–H and O–H groups in total. The summed E-state index contributed by atoms with van der Waals surface area (Å²) in [5.41, 5.74) is 2.93. The van der Waals surface area contributed by atoms with Crippen LogP contribution in [-0.2, 0) is 6.54 Å². The molecule has 4 nitrogen and oxygen atoms in total. The van der Waals surface area contributed by atoms with E-state index in [2.05, 4.69) is 17.0 Å². The van der Waals surface area contributed by atoms with Gasteiger partial charge in [-0.2, -0.15) is 0 Å². The first-order valence-electron chi connectivity index (χ1n) is 9.17. The monoisotopic (exact) mass is 389 g/mol. The van der Waals surface area contributed by atoms with Crippen LogP contribution in [0.15, 0.2) is 78.9 Å². The van der Waals surface area contributed by atoms with Gasteiger partial charge in [-0.1, -0.05) is 54.1 Å². The number of aliphatic hydroxyl groups excluding tert-OH is 1. The number of anilines is 1. The van der Waals surface area contributed by atoms with Gasteiger partial charge in [0.05, 0.1) is 12.1 Å². The van der Waals surface area contributed by atoms with Crippen molar-refractivity contribution in [2.45, 2.75) is 6.54 Å². The number of aromatic nitrogens is 2. The summed E-state index contributed by atoms with van der Waals surface area (Å²) in [5, 5.41) is 11.3. The number of rotatable bonds is 6. The number of fused-ring (bicyclic) bond motifs is 1. The fourth-order valence-corrected chi connectivity index (χ4v) is 3.34. The van der Waals surface area contributed by atoms with Gasteiger partial charge in [-0.15, -0.1) is 0 Å². The van der Waals surface area contributed by atoms with E-state index in [1.807, 2.05) is 66.7 Å². The van der Waals surface area contributed by atoms with E-state index in [-0.39, 0.29) is 6.61 Å². The molecule has 0 saturated carbocycles. The molecule has 0 aliphatic carbocycles. The summed E-state index contributed by atoms with van der Waals surface area (Å²) in [4.78, 5) is 11.7. The smallest absolute Gasteiger partial charge is 0.162 e. The van der Waals surface area contributed by atoms with Gasteiger partial charge in [0.1, 0.15) is 5.82 Å². The normalized spacial score (nSPS) is 10.9. The topological polar surface area (TPSA) is 49.2 Å². The number of aliphatic hydroxyl groups is 1. The quantitative estimate of drug-likeness (QED) is 0.507. The van der Waals surface area contributed by atoms with Crippen molar-refractivity contribution in [2.75, 3.05) is 18.1 Å². The van der Waals surface area contributed by atoms with E-state index in [0.717, 1.165) is 27.8 Å². The molecule has 0 spiro atoms. The highest BCUT2D eigenvalue weighted by Gasteiger charge is 2.16. The van der Waals surface area contributed by atoms with Crippen molar-refractivity contribution in [3.8, 4) is 11.4 Å². The van der Waals surface area contributed by atoms with Crippen molar-refractivity contribution in [2.24, 2.45) is 0 Å². The van der Waals surface area contributed by atoms with Crippen molar-refractivity contribution in [3.63, 3.8) is 0 Å². The second-order valence-corrected chi connectivity index (χ2v) is 6.96. The molecule has 140 valence electrons. The van der Waals surface area contributed by atoms with E-state index < -0.39 is 0 Å². The average Bonchev–Trinajstić information content (AvgIpc) is 2.74. The largest absolute Gasteiger partial charge is 0.395 e. The molecule has 0 saturated heterocycles. The van der Waals surface area contributed by atoms with Crippen LogP contribution in [0.25, 0.3) is 22.3 Å². The molecule has 4 aromatic rings. The lowest BCUT2D eigenvalue weighted by Crippen LogP contribution is -2.27. The Morgan fingerprint density at radius 3 is 2.29 bits per heavy atom. The van der Waals surface area contributed by atoms with E-state index in [4.69, 9.17) is 21.6 Å². The predicted molar refractivity (Wildman–Crippen MR) is 115 cm³/mol. The fourth-order valence-electron chi connectivity index (χ4n) is 3.21. The van der Waals surface area contributed by atoms with Gasteiger partial charge in [-0.05, 0) is 42.0 Å². The number of hydrogen-bond acceptors (Lipinski definition) is 4. The Kier molecular flexibility index (Phi) is 5.51. The Morgan fingerprint density at radius 2 is 1.54 bits per heavy atom. The van der Waals surface area contributed by atoms with Crippen LogP contribution in [-0.4, -0.2) is 28.2 Å². The summed E-state index contributed by atoms with van der Waals surface area (Å²) in [6, 6.07) is 25.7. The van der Waals surface area contributed by atoms with Gasteiger partial charge in [0.15, 0.2) is 5.82 Å². The minimum atomic E-state index is 0.0431. The molecular formula is C23H20ClN3O. The SMILES string of the molecule is OCCN(Cc1ccccc1)c1nc(-c2ccc(Cl)cc2)nc2ccccc12. The highest BCUT2D eigenvalue weighted by Crippen LogP contribution is 2.29. The molecule has 3 aromatic carbocycles. The zero-order valence-electron chi connectivity index (χ0n) is 15.3. The zero-order valence-corrected chi connectivity index (χ0v) is 16.0. The maximum Gasteiger partial charge on any atom is 0.162 e. The van der Waals surface area contributed by atoms with Crippen LogP contribution in [0.1, 0.15) is 5.56 Å². The van der Waals surface area contributed by atoms with Crippen molar-refractivity contribution in [1.29, 1.82) is 0 Å².